The number of hydroxylamine groups is 3. The van der Waals surface area contributed by atoms with Crippen LogP contribution in [-0.4, -0.2) is 46.0 Å². The summed E-state index contributed by atoms with van der Waals surface area (Å²) in [4.78, 5) is 11.7. The summed E-state index contributed by atoms with van der Waals surface area (Å²) in [7, 11) is 3.75. The van der Waals surface area contributed by atoms with Gasteiger partial charge in [-0.3, -0.25) is 0 Å². The molecule has 1 fully saturated rings. The van der Waals surface area contributed by atoms with Gasteiger partial charge in [0.1, 0.15) is 23.0 Å². The number of aromatic nitrogens is 2. The first-order valence-electron chi connectivity index (χ1n) is 8.60. The molecular weight excluding hydrogens is 308 g/mol. The van der Waals surface area contributed by atoms with Gasteiger partial charge in [-0.25, -0.2) is 15.2 Å². The van der Waals surface area contributed by atoms with Gasteiger partial charge >= 0.3 is 0 Å². The van der Waals surface area contributed by atoms with Gasteiger partial charge in [-0.2, -0.15) is 4.65 Å². The van der Waals surface area contributed by atoms with Crippen molar-refractivity contribution in [2.45, 2.75) is 57.0 Å². The average Bonchev–Trinajstić information content (AvgIpc) is 3.07. The van der Waals surface area contributed by atoms with Crippen LogP contribution in [0.3, 0.4) is 0 Å². The molecule has 0 aromatic carbocycles. The smallest absolute Gasteiger partial charge is 0.138 e. The Balaban J connectivity index is 1.53. The van der Waals surface area contributed by atoms with E-state index in [-0.39, 0.29) is 4.65 Å². The average molecular weight is 333 g/mol. The zero-order valence-corrected chi connectivity index (χ0v) is 14.7. The van der Waals surface area contributed by atoms with Crippen LogP contribution in [0.25, 0.3) is 10.2 Å². The van der Waals surface area contributed by atoms with Crippen molar-refractivity contribution >= 4 is 27.4 Å². The number of thiophene rings is 1. The summed E-state index contributed by atoms with van der Waals surface area (Å²) in [5, 5.41) is 15.1. The molecule has 124 valence electrons. The van der Waals surface area contributed by atoms with Crippen LogP contribution in [0.4, 0.5) is 5.82 Å². The molecule has 0 unspecified atom stereocenters. The van der Waals surface area contributed by atoms with Crippen LogP contribution in [0.2, 0.25) is 0 Å². The Morgan fingerprint density at radius 2 is 1.96 bits per heavy atom. The lowest BCUT2D eigenvalue weighted by Crippen LogP contribution is -2.48. The van der Waals surface area contributed by atoms with Crippen molar-refractivity contribution in [1.82, 2.24) is 9.97 Å². The van der Waals surface area contributed by atoms with Gasteiger partial charge in [0.15, 0.2) is 0 Å². The fraction of sp³-hybridized carbons (Fsp3) is 0.647. The molecule has 2 aliphatic carbocycles. The highest BCUT2D eigenvalue weighted by molar-refractivity contribution is 7.19. The number of hydrogen-bond donors (Lipinski definition) is 2. The van der Waals surface area contributed by atoms with E-state index in [1.807, 2.05) is 25.4 Å². The van der Waals surface area contributed by atoms with Crippen molar-refractivity contribution in [2.75, 3.05) is 19.4 Å². The van der Waals surface area contributed by atoms with E-state index in [1.54, 1.807) is 6.33 Å². The molecule has 0 radical (unpaired) electrons. The molecule has 6 heteroatoms. The first-order valence-corrected chi connectivity index (χ1v) is 9.42. The Bertz CT molecular complexity index is 713. The lowest BCUT2D eigenvalue weighted by atomic mass is 9.90. The van der Waals surface area contributed by atoms with Crippen LogP contribution in [0.15, 0.2) is 6.33 Å². The van der Waals surface area contributed by atoms with Gasteiger partial charge < -0.3 is 5.32 Å². The molecule has 2 aliphatic rings. The summed E-state index contributed by atoms with van der Waals surface area (Å²) < 4.78 is 0.0858. The standard InChI is InChI=1S/C17H25N4OS/c1-21(2,22)12-8-6-11(7-9-12)20-16-15-13-4-3-5-14(13)23-17(15)19-10-18-16/h10-12,22H,3-9H2,1-2H3,(H,18,19,20)/q+1. The van der Waals surface area contributed by atoms with E-state index in [4.69, 9.17) is 0 Å². The molecule has 0 spiro atoms. The van der Waals surface area contributed by atoms with E-state index in [0.717, 1.165) is 36.3 Å². The lowest BCUT2D eigenvalue weighted by Gasteiger charge is -2.36. The SMILES string of the molecule is C[N+](C)(O)C1CCC(Nc2ncnc3sc4c(c23)CCC4)CC1. The predicted octanol–water partition coefficient (Wildman–Crippen LogP) is 3.37. The van der Waals surface area contributed by atoms with E-state index in [1.165, 1.54) is 35.1 Å². The minimum atomic E-state index is 0.0858. The van der Waals surface area contributed by atoms with Gasteiger partial charge in [-0.05, 0) is 37.7 Å². The number of nitrogens with zero attached hydrogens (tertiary/aromatic N) is 3. The second kappa shape index (κ2) is 5.69. The maximum atomic E-state index is 10.1. The molecule has 2 heterocycles. The van der Waals surface area contributed by atoms with Crippen LogP contribution in [0.1, 0.15) is 42.5 Å². The number of anilines is 1. The number of aryl methyl sites for hydroxylation is 2. The summed E-state index contributed by atoms with van der Waals surface area (Å²) in [6.45, 7) is 0. The predicted molar refractivity (Wildman–Crippen MR) is 93.0 cm³/mol. The topological polar surface area (TPSA) is 58.0 Å². The highest BCUT2D eigenvalue weighted by Crippen LogP contribution is 2.39. The minimum absolute atomic E-state index is 0.0858. The van der Waals surface area contributed by atoms with Crippen molar-refractivity contribution in [2.24, 2.45) is 0 Å². The number of rotatable bonds is 3. The minimum Gasteiger partial charge on any atom is -0.367 e. The molecule has 1 saturated carbocycles. The van der Waals surface area contributed by atoms with Crippen LogP contribution >= 0.6 is 11.3 Å². The molecule has 2 N–H and O–H groups in total. The number of quaternary nitrogens is 1. The van der Waals surface area contributed by atoms with Crippen LogP contribution in [-0.2, 0) is 12.8 Å². The van der Waals surface area contributed by atoms with Crippen molar-refractivity contribution in [1.29, 1.82) is 0 Å². The van der Waals surface area contributed by atoms with Gasteiger partial charge in [0.05, 0.1) is 19.5 Å². The molecule has 0 amide bonds. The van der Waals surface area contributed by atoms with Gasteiger partial charge in [0, 0.05) is 23.8 Å². The summed E-state index contributed by atoms with van der Waals surface area (Å²) in [5.74, 6) is 1.02. The molecule has 0 aliphatic heterocycles. The zero-order chi connectivity index (χ0) is 16.0. The maximum absolute atomic E-state index is 10.1. The highest BCUT2D eigenvalue weighted by atomic mass is 32.1. The van der Waals surface area contributed by atoms with Crippen molar-refractivity contribution in [3.8, 4) is 0 Å². The van der Waals surface area contributed by atoms with Crippen LogP contribution < -0.4 is 5.32 Å². The Morgan fingerprint density at radius 1 is 1.17 bits per heavy atom. The summed E-state index contributed by atoms with van der Waals surface area (Å²) in [6, 6.07) is 0.803. The zero-order valence-electron chi connectivity index (χ0n) is 13.9. The van der Waals surface area contributed by atoms with Gasteiger partial charge in [-0.15, -0.1) is 11.3 Å². The number of nitrogens with one attached hydrogen (secondary N) is 1. The Hall–Kier alpha value is -1.24. The van der Waals surface area contributed by atoms with E-state index in [9.17, 15) is 5.21 Å². The monoisotopic (exact) mass is 333 g/mol. The fourth-order valence-electron chi connectivity index (χ4n) is 4.08. The maximum Gasteiger partial charge on any atom is 0.138 e. The Kier molecular flexibility index (Phi) is 3.78. The molecule has 5 nitrogen and oxygen atoms in total. The number of hydrogen-bond acceptors (Lipinski definition) is 5. The Morgan fingerprint density at radius 3 is 2.70 bits per heavy atom. The molecule has 4 rings (SSSR count). The molecule has 2 aromatic rings. The largest absolute Gasteiger partial charge is 0.367 e. The van der Waals surface area contributed by atoms with E-state index in [2.05, 4.69) is 15.3 Å². The second-order valence-electron chi connectivity index (χ2n) is 7.39. The quantitative estimate of drug-likeness (QED) is 0.668. The van der Waals surface area contributed by atoms with Crippen molar-refractivity contribution < 1.29 is 9.85 Å². The van der Waals surface area contributed by atoms with Crippen LogP contribution in [0.5, 0.6) is 0 Å². The van der Waals surface area contributed by atoms with E-state index >= 15 is 0 Å². The molecule has 0 saturated heterocycles. The van der Waals surface area contributed by atoms with Crippen LogP contribution in [0, 0.1) is 0 Å². The lowest BCUT2D eigenvalue weighted by molar-refractivity contribution is -1.09. The number of fused-ring (bicyclic) bond motifs is 3. The van der Waals surface area contributed by atoms with E-state index < -0.39 is 0 Å². The van der Waals surface area contributed by atoms with Crippen molar-refractivity contribution in [3.05, 3.63) is 16.8 Å². The molecule has 0 bridgehead atoms. The second-order valence-corrected chi connectivity index (χ2v) is 8.47. The first-order chi connectivity index (χ1) is 11.0. The normalized spacial score (nSPS) is 24.8. The van der Waals surface area contributed by atoms with Gasteiger partial charge in [0.25, 0.3) is 0 Å². The fourth-order valence-corrected chi connectivity index (χ4v) is 5.31. The third kappa shape index (κ3) is 2.84. The van der Waals surface area contributed by atoms with E-state index in [0.29, 0.717) is 12.1 Å². The summed E-state index contributed by atoms with van der Waals surface area (Å²) >= 11 is 1.84. The summed E-state index contributed by atoms with van der Waals surface area (Å²) in [6.07, 6.45) is 9.60. The molecule has 0 atom stereocenters. The summed E-state index contributed by atoms with van der Waals surface area (Å²) in [5.41, 5.74) is 1.48. The molecular formula is C17H25N4OS+. The highest BCUT2D eigenvalue weighted by Gasteiger charge is 2.32. The van der Waals surface area contributed by atoms with Gasteiger partial charge in [0.2, 0.25) is 0 Å². The molecule has 23 heavy (non-hydrogen) atoms. The van der Waals surface area contributed by atoms with Gasteiger partial charge in [-0.1, -0.05) is 0 Å². The first kappa shape index (κ1) is 15.3. The third-order valence-electron chi connectivity index (χ3n) is 5.43. The third-order valence-corrected chi connectivity index (χ3v) is 6.63. The van der Waals surface area contributed by atoms with Crippen molar-refractivity contribution in [3.63, 3.8) is 0 Å². The Labute approximate surface area is 140 Å². The molecule has 2 aromatic heterocycles.